The standard InChI is InChI=1S/C19H28BrN3O3Si/c1-18(2,3)19(25-7-8-26-19)14-12-23(13-24-9-10-27(4,5)6)17-16(14)22-15(20)11-21-17/h7-8,11-12H,9-10,13H2,1-6H3. The van der Waals surface area contributed by atoms with Crippen LogP contribution in [0.25, 0.3) is 11.2 Å². The van der Waals surface area contributed by atoms with Crippen molar-refractivity contribution in [2.45, 2.75) is 59.0 Å². The largest absolute Gasteiger partial charge is 0.452 e. The Morgan fingerprint density at radius 3 is 2.48 bits per heavy atom. The van der Waals surface area contributed by atoms with Gasteiger partial charge in [0, 0.05) is 26.3 Å². The average Bonchev–Trinajstić information content (AvgIpc) is 3.15. The maximum absolute atomic E-state index is 5.99. The van der Waals surface area contributed by atoms with Crippen LogP contribution in [0.1, 0.15) is 26.3 Å². The van der Waals surface area contributed by atoms with Gasteiger partial charge >= 0.3 is 0 Å². The Bertz CT molecular complexity index is 844. The minimum Gasteiger partial charge on any atom is -0.452 e. The van der Waals surface area contributed by atoms with Crippen LogP contribution in [-0.2, 0) is 26.7 Å². The summed E-state index contributed by atoms with van der Waals surface area (Å²) in [6.07, 6.45) is 6.86. The summed E-state index contributed by atoms with van der Waals surface area (Å²) >= 11 is 3.43. The molecule has 3 heterocycles. The molecule has 0 saturated carbocycles. The number of halogens is 1. The van der Waals surface area contributed by atoms with Crippen molar-refractivity contribution >= 4 is 35.2 Å². The molecule has 0 radical (unpaired) electrons. The van der Waals surface area contributed by atoms with Gasteiger partial charge in [-0.05, 0) is 22.0 Å². The number of ether oxygens (including phenoxy) is 3. The van der Waals surface area contributed by atoms with E-state index in [0.29, 0.717) is 11.3 Å². The lowest BCUT2D eigenvalue weighted by Gasteiger charge is -2.38. The SMILES string of the molecule is CC(C)(C)C1(c2cn(COCC[Si](C)(C)C)c3ncc(Br)nc23)OC=CO1. The Balaban J connectivity index is 1.98. The number of hydrogen-bond donors (Lipinski definition) is 0. The highest BCUT2D eigenvalue weighted by Crippen LogP contribution is 2.48. The van der Waals surface area contributed by atoms with E-state index in [4.69, 9.17) is 14.2 Å². The van der Waals surface area contributed by atoms with Crippen LogP contribution in [0, 0.1) is 5.41 Å². The maximum Gasteiger partial charge on any atom is 0.285 e. The van der Waals surface area contributed by atoms with Gasteiger partial charge in [0.2, 0.25) is 0 Å². The fraction of sp³-hybridized carbons (Fsp3) is 0.579. The smallest absolute Gasteiger partial charge is 0.285 e. The van der Waals surface area contributed by atoms with Gasteiger partial charge in [-0.15, -0.1) is 0 Å². The number of fused-ring (bicyclic) bond motifs is 1. The van der Waals surface area contributed by atoms with Crippen molar-refractivity contribution in [1.29, 1.82) is 0 Å². The molecule has 0 amide bonds. The van der Waals surface area contributed by atoms with Crippen molar-refractivity contribution < 1.29 is 14.2 Å². The molecule has 0 spiro atoms. The Morgan fingerprint density at radius 2 is 1.89 bits per heavy atom. The van der Waals surface area contributed by atoms with Crippen molar-refractivity contribution in [3.05, 3.63) is 35.1 Å². The molecule has 3 rings (SSSR count). The highest BCUT2D eigenvalue weighted by Gasteiger charge is 2.51. The summed E-state index contributed by atoms with van der Waals surface area (Å²) < 4.78 is 20.6. The molecule has 0 N–H and O–H groups in total. The molecule has 0 saturated heterocycles. The molecule has 2 aromatic heterocycles. The van der Waals surface area contributed by atoms with Crippen molar-refractivity contribution in [1.82, 2.24) is 14.5 Å². The molecule has 0 unspecified atom stereocenters. The van der Waals surface area contributed by atoms with Gasteiger partial charge in [0.05, 0.1) is 11.8 Å². The molecular formula is C19H28BrN3O3Si. The summed E-state index contributed by atoms with van der Waals surface area (Å²) in [4.78, 5) is 9.23. The highest BCUT2D eigenvalue weighted by molar-refractivity contribution is 9.10. The van der Waals surface area contributed by atoms with E-state index in [9.17, 15) is 0 Å². The zero-order valence-corrected chi connectivity index (χ0v) is 19.5. The zero-order chi connectivity index (χ0) is 19.9. The van der Waals surface area contributed by atoms with Crippen LogP contribution in [0.4, 0.5) is 0 Å². The Morgan fingerprint density at radius 1 is 1.22 bits per heavy atom. The lowest BCUT2D eigenvalue weighted by atomic mass is 9.81. The van der Waals surface area contributed by atoms with Crippen molar-refractivity contribution in [2.75, 3.05) is 6.61 Å². The normalized spacial score (nSPS) is 16.6. The monoisotopic (exact) mass is 453 g/mol. The van der Waals surface area contributed by atoms with Gasteiger partial charge in [-0.2, -0.15) is 0 Å². The summed E-state index contributed by atoms with van der Waals surface area (Å²) in [5.74, 6) is -0.954. The first-order valence-corrected chi connectivity index (χ1v) is 13.6. The number of nitrogens with zero attached hydrogens (tertiary/aromatic N) is 3. The molecule has 2 aromatic rings. The summed E-state index contributed by atoms with van der Waals surface area (Å²) in [7, 11) is -1.13. The Labute approximate surface area is 170 Å². The van der Waals surface area contributed by atoms with Gasteiger partial charge in [-0.1, -0.05) is 40.4 Å². The van der Waals surface area contributed by atoms with Crippen LogP contribution in [0.2, 0.25) is 25.7 Å². The minimum absolute atomic E-state index is 0.321. The van der Waals surface area contributed by atoms with E-state index < -0.39 is 13.9 Å². The van der Waals surface area contributed by atoms with Crippen molar-refractivity contribution in [3.8, 4) is 0 Å². The van der Waals surface area contributed by atoms with Gasteiger partial charge in [0.15, 0.2) is 5.65 Å². The van der Waals surface area contributed by atoms with Gasteiger partial charge in [-0.3, -0.25) is 0 Å². The number of hydrogen-bond acceptors (Lipinski definition) is 5. The molecule has 1 aliphatic heterocycles. The van der Waals surface area contributed by atoms with E-state index in [0.717, 1.165) is 29.4 Å². The lowest BCUT2D eigenvalue weighted by molar-refractivity contribution is -0.218. The third-order valence-electron chi connectivity index (χ3n) is 4.63. The topological polar surface area (TPSA) is 58.4 Å². The molecular weight excluding hydrogens is 426 g/mol. The van der Waals surface area contributed by atoms with E-state index >= 15 is 0 Å². The summed E-state index contributed by atoms with van der Waals surface area (Å²) in [6, 6.07) is 1.12. The first-order valence-electron chi connectivity index (χ1n) is 9.14. The van der Waals surface area contributed by atoms with Crippen molar-refractivity contribution in [2.24, 2.45) is 5.41 Å². The third kappa shape index (κ3) is 4.07. The van der Waals surface area contributed by atoms with E-state index in [1.165, 1.54) is 0 Å². The molecule has 8 heteroatoms. The van der Waals surface area contributed by atoms with Crippen molar-refractivity contribution in [3.63, 3.8) is 0 Å². The zero-order valence-electron chi connectivity index (χ0n) is 16.9. The van der Waals surface area contributed by atoms with Gasteiger partial charge in [0.25, 0.3) is 5.79 Å². The predicted octanol–water partition coefficient (Wildman–Crippen LogP) is 5.22. The van der Waals surface area contributed by atoms with Gasteiger partial charge < -0.3 is 18.8 Å². The van der Waals surface area contributed by atoms with E-state index in [2.05, 4.69) is 66.3 Å². The highest BCUT2D eigenvalue weighted by atomic mass is 79.9. The van der Waals surface area contributed by atoms with Crippen LogP contribution >= 0.6 is 15.9 Å². The predicted molar refractivity (Wildman–Crippen MR) is 112 cm³/mol. The fourth-order valence-corrected chi connectivity index (χ4v) is 4.11. The number of aromatic nitrogens is 3. The molecule has 1 aliphatic rings. The van der Waals surface area contributed by atoms with E-state index in [1.807, 2.05) is 10.8 Å². The first kappa shape index (κ1) is 20.4. The van der Waals surface area contributed by atoms with Gasteiger partial charge in [-0.25, -0.2) is 9.97 Å². The molecule has 0 fully saturated rings. The first-order chi connectivity index (χ1) is 12.5. The summed E-state index contributed by atoms with van der Waals surface area (Å²) in [5.41, 5.74) is 2.02. The summed E-state index contributed by atoms with van der Waals surface area (Å²) in [6.45, 7) is 14.4. The molecule has 0 bridgehead atoms. The third-order valence-corrected chi connectivity index (χ3v) is 6.71. The van der Waals surface area contributed by atoms with Crippen LogP contribution in [0.3, 0.4) is 0 Å². The average molecular weight is 454 g/mol. The molecule has 27 heavy (non-hydrogen) atoms. The van der Waals surface area contributed by atoms with E-state index in [1.54, 1.807) is 18.7 Å². The van der Waals surface area contributed by atoms with Crippen LogP contribution in [-0.4, -0.2) is 29.2 Å². The molecule has 0 atom stereocenters. The molecule has 148 valence electrons. The molecule has 0 aromatic carbocycles. The van der Waals surface area contributed by atoms with E-state index in [-0.39, 0.29) is 5.41 Å². The second-order valence-corrected chi connectivity index (χ2v) is 15.5. The van der Waals surface area contributed by atoms with Crippen LogP contribution < -0.4 is 0 Å². The second kappa shape index (κ2) is 7.22. The minimum atomic E-state index is -1.13. The van der Waals surface area contributed by atoms with Crippen LogP contribution in [0.15, 0.2) is 29.5 Å². The van der Waals surface area contributed by atoms with Gasteiger partial charge in [0.1, 0.15) is 29.4 Å². The van der Waals surface area contributed by atoms with Crippen LogP contribution in [0.5, 0.6) is 0 Å². The lowest BCUT2D eigenvalue weighted by Crippen LogP contribution is -2.41. The summed E-state index contributed by atoms with van der Waals surface area (Å²) in [5, 5.41) is 0. The fourth-order valence-electron chi connectivity index (χ4n) is 3.07. The second-order valence-electron chi connectivity index (χ2n) is 9.10. The maximum atomic E-state index is 5.99. The molecule has 6 nitrogen and oxygen atoms in total. The Hall–Kier alpha value is -1.38. The number of rotatable bonds is 6. The quantitative estimate of drug-likeness (QED) is 0.442. The Kier molecular flexibility index (Phi) is 5.44. The molecule has 0 aliphatic carbocycles.